The Morgan fingerprint density at radius 2 is 1.89 bits per heavy atom. The molecule has 1 amide bonds. The Kier molecular flexibility index (Phi) is 5.53. The number of para-hydroxylation sites is 1. The first-order valence-corrected chi connectivity index (χ1v) is 10.2. The molecule has 0 saturated carbocycles. The number of nitrogens with one attached hydrogen (secondary N) is 1. The third-order valence-electron chi connectivity index (χ3n) is 4.29. The van der Waals surface area contributed by atoms with Crippen molar-refractivity contribution in [1.29, 1.82) is 0 Å². The van der Waals surface area contributed by atoms with Gasteiger partial charge in [0.05, 0.1) is 18.0 Å². The first-order valence-electron chi connectivity index (χ1n) is 9.18. The Morgan fingerprint density at radius 1 is 1.14 bits per heavy atom. The molecule has 4 rings (SSSR count). The van der Waals surface area contributed by atoms with Gasteiger partial charge in [-0.3, -0.25) is 4.79 Å². The number of hydrogen-bond donors (Lipinski definition) is 1. The standard InChI is InChI=1S/C21H21N3O3S/c1-2-26-15-7-9-16(10-8-15)27-14-20(25)22-18-6-4-3-5-17(18)19-13-24-11-12-28-21(24)23-19/h3-10,13H,2,11-12,14H2,1H3,(H,22,25). The predicted octanol–water partition coefficient (Wildman–Crippen LogP) is 4.07. The predicted molar refractivity (Wildman–Crippen MR) is 110 cm³/mol. The smallest absolute Gasteiger partial charge is 0.262 e. The number of anilines is 1. The maximum Gasteiger partial charge on any atom is 0.262 e. The van der Waals surface area contributed by atoms with Crippen LogP contribution < -0.4 is 14.8 Å². The number of fused-ring (bicyclic) bond motifs is 1. The molecule has 144 valence electrons. The fourth-order valence-electron chi connectivity index (χ4n) is 2.99. The molecule has 28 heavy (non-hydrogen) atoms. The summed E-state index contributed by atoms with van der Waals surface area (Å²) in [4.78, 5) is 17.1. The number of carbonyl (C=O) groups excluding carboxylic acids is 1. The highest BCUT2D eigenvalue weighted by Gasteiger charge is 2.17. The molecule has 0 spiro atoms. The lowest BCUT2D eigenvalue weighted by Gasteiger charge is -2.11. The number of carbonyl (C=O) groups is 1. The number of aryl methyl sites for hydroxylation is 1. The molecule has 2 heterocycles. The number of benzene rings is 2. The van der Waals surface area contributed by atoms with Crippen LogP contribution in [0.4, 0.5) is 5.69 Å². The van der Waals surface area contributed by atoms with Crippen molar-refractivity contribution < 1.29 is 14.3 Å². The van der Waals surface area contributed by atoms with Gasteiger partial charge in [-0.2, -0.15) is 0 Å². The number of amides is 1. The Bertz CT molecular complexity index is 948. The van der Waals surface area contributed by atoms with E-state index in [9.17, 15) is 4.79 Å². The van der Waals surface area contributed by atoms with Crippen LogP contribution in [0.3, 0.4) is 0 Å². The molecule has 0 saturated heterocycles. The molecule has 1 aromatic heterocycles. The molecule has 6 nitrogen and oxygen atoms in total. The average Bonchev–Trinajstić information content (AvgIpc) is 3.30. The van der Waals surface area contributed by atoms with Gasteiger partial charge in [0.15, 0.2) is 11.8 Å². The van der Waals surface area contributed by atoms with E-state index in [-0.39, 0.29) is 12.5 Å². The summed E-state index contributed by atoms with van der Waals surface area (Å²) in [6, 6.07) is 14.9. The van der Waals surface area contributed by atoms with Crippen LogP contribution in [0, 0.1) is 0 Å². The van der Waals surface area contributed by atoms with Crippen molar-refractivity contribution >= 4 is 23.4 Å². The van der Waals surface area contributed by atoms with Gasteiger partial charge in [-0.25, -0.2) is 4.98 Å². The van der Waals surface area contributed by atoms with Crippen LogP contribution in [0.5, 0.6) is 11.5 Å². The highest BCUT2D eigenvalue weighted by molar-refractivity contribution is 7.99. The van der Waals surface area contributed by atoms with E-state index < -0.39 is 0 Å². The van der Waals surface area contributed by atoms with E-state index in [1.54, 1.807) is 23.9 Å². The van der Waals surface area contributed by atoms with Crippen LogP contribution in [0.1, 0.15) is 6.92 Å². The SMILES string of the molecule is CCOc1ccc(OCC(=O)Nc2ccccc2-c2cn3c(n2)SCC3)cc1. The molecule has 0 radical (unpaired) electrons. The van der Waals surface area contributed by atoms with Crippen molar-refractivity contribution in [2.24, 2.45) is 0 Å². The first kappa shape index (κ1) is 18.4. The second-order valence-corrected chi connectivity index (χ2v) is 7.30. The van der Waals surface area contributed by atoms with Crippen molar-refractivity contribution in [3.05, 3.63) is 54.7 Å². The molecule has 1 aliphatic rings. The van der Waals surface area contributed by atoms with Crippen LogP contribution in [0.2, 0.25) is 0 Å². The first-order chi connectivity index (χ1) is 13.7. The number of nitrogens with zero attached hydrogens (tertiary/aromatic N) is 2. The van der Waals surface area contributed by atoms with Crippen LogP contribution in [-0.2, 0) is 11.3 Å². The molecule has 0 aliphatic carbocycles. The zero-order chi connectivity index (χ0) is 19.3. The van der Waals surface area contributed by atoms with Gasteiger partial charge < -0.3 is 19.4 Å². The fourth-order valence-corrected chi connectivity index (χ4v) is 3.93. The minimum absolute atomic E-state index is 0.0716. The van der Waals surface area contributed by atoms with Gasteiger partial charge in [-0.1, -0.05) is 30.0 Å². The summed E-state index contributed by atoms with van der Waals surface area (Å²) >= 11 is 1.75. The summed E-state index contributed by atoms with van der Waals surface area (Å²) in [5, 5.41) is 3.95. The number of ether oxygens (including phenoxy) is 2. The van der Waals surface area contributed by atoms with Crippen LogP contribution in [0.25, 0.3) is 11.3 Å². The minimum Gasteiger partial charge on any atom is -0.494 e. The molecule has 1 N–H and O–H groups in total. The lowest BCUT2D eigenvalue weighted by Crippen LogP contribution is -2.20. The summed E-state index contributed by atoms with van der Waals surface area (Å²) in [5.74, 6) is 2.24. The van der Waals surface area contributed by atoms with E-state index in [0.29, 0.717) is 12.4 Å². The molecule has 3 aromatic rings. The highest BCUT2D eigenvalue weighted by Crippen LogP contribution is 2.32. The maximum absolute atomic E-state index is 12.4. The van der Waals surface area contributed by atoms with Crippen LogP contribution >= 0.6 is 11.8 Å². The van der Waals surface area contributed by atoms with Gasteiger partial charge in [-0.05, 0) is 37.3 Å². The number of imidazole rings is 1. The van der Waals surface area contributed by atoms with Gasteiger partial charge in [-0.15, -0.1) is 0 Å². The van der Waals surface area contributed by atoms with Crippen molar-refractivity contribution in [1.82, 2.24) is 9.55 Å². The zero-order valence-electron chi connectivity index (χ0n) is 15.6. The summed E-state index contributed by atoms with van der Waals surface area (Å²) in [7, 11) is 0. The van der Waals surface area contributed by atoms with E-state index in [1.165, 1.54) is 0 Å². The minimum atomic E-state index is -0.220. The Labute approximate surface area is 167 Å². The Morgan fingerprint density at radius 3 is 2.64 bits per heavy atom. The Balaban J connectivity index is 1.40. The van der Waals surface area contributed by atoms with E-state index in [2.05, 4.69) is 14.9 Å². The van der Waals surface area contributed by atoms with Gasteiger partial charge >= 0.3 is 0 Å². The average molecular weight is 395 g/mol. The molecular formula is C21H21N3O3S. The molecule has 7 heteroatoms. The van der Waals surface area contributed by atoms with Crippen molar-refractivity contribution in [3.63, 3.8) is 0 Å². The molecule has 0 unspecified atom stereocenters. The quantitative estimate of drug-likeness (QED) is 0.653. The van der Waals surface area contributed by atoms with E-state index >= 15 is 0 Å². The third-order valence-corrected chi connectivity index (χ3v) is 5.26. The second-order valence-electron chi connectivity index (χ2n) is 6.24. The van der Waals surface area contributed by atoms with E-state index in [0.717, 1.165) is 40.1 Å². The second kappa shape index (κ2) is 8.39. The summed E-state index contributed by atoms with van der Waals surface area (Å²) < 4.78 is 13.1. The molecule has 0 atom stereocenters. The number of thioether (sulfide) groups is 1. The normalized spacial score (nSPS) is 12.5. The van der Waals surface area contributed by atoms with Crippen LogP contribution in [0.15, 0.2) is 59.9 Å². The zero-order valence-corrected chi connectivity index (χ0v) is 16.4. The third kappa shape index (κ3) is 4.14. The fraction of sp³-hybridized carbons (Fsp3) is 0.238. The molecule has 2 aromatic carbocycles. The van der Waals surface area contributed by atoms with Crippen molar-refractivity contribution in [3.8, 4) is 22.8 Å². The summed E-state index contributed by atoms with van der Waals surface area (Å²) in [6.45, 7) is 3.44. The van der Waals surface area contributed by atoms with Gasteiger partial charge in [0.1, 0.15) is 11.5 Å². The van der Waals surface area contributed by atoms with Gasteiger partial charge in [0.2, 0.25) is 0 Å². The van der Waals surface area contributed by atoms with Crippen molar-refractivity contribution in [2.75, 3.05) is 24.3 Å². The van der Waals surface area contributed by atoms with Gasteiger partial charge in [0, 0.05) is 24.1 Å². The van der Waals surface area contributed by atoms with Crippen LogP contribution in [-0.4, -0.2) is 34.4 Å². The molecule has 0 fully saturated rings. The number of rotatable bonds is 7. The van der Waals surface area contributed by atoms with E-state index in [1.807, 2.05) is 49.5 Å². The number of aromatic nitrogens is 2. The topological polar surface area (TPSA) is 65.4 Å². The lowest BCUT2D eigenvalue weighted by atomic mass is 10.1. The Hall–Kier alpha value is -2.93. The number of hydrogen-bond acceptors (Lipinski definition) is 5. The van der Waals surface area contributed by atoms with Crippen molar-refractivity contribution in [2.45, 2.75) is 18.6 Å². The summed E-state index contributed by atoms with van der Waals surface area (Å²) in [6.07, 6.45) is 2.04. The molecule has 1 aliphatic heterocycles. The lowest BCUT2D eigenvalue weighted by molar-refractivity contribution is -0.118. The molecular weight excluding hydrogens is 374 g/mol. The van der Waals surface area contributed by atoms with Gasteiger partial charge in [0.25, 0.3) is 5.91 Å². The largest absolute Gasteiger partial charge is 0.494 e. The molecule has 0 bridgehead atoms. The maximum atomic E-state index is 12.4. The monoisotopic (exact) mass is 395 g/mol. The summed E-state index contributed by atoms with van der Waals surface area (Å²) in [5.41, 5.74) is 2.49. The highest BCUT2D eigenvalue weighted by atomic mass is 32.2. The van der Waals surface area contributed by atoms with E-state index in [4.69, 9.17) is 9.47 Å².